The highest BCUT2D eigenvalue weighted by Crippen LogP contribution is 2.30. The molecule has 0 saturated heterocycles. The summed E-state index contributed by atoms with van der Waals surface area (Å²) in [6.45, 7) is 0. The Balaban J connectivity index is 1.51. The molecule has 0 fully saturated rings. The van der Waals surface area contributed by atoms with Crippen molar-refractivity contribution in [3.63, 3.8) is 0 Å². The van der Waals surface area contributed by atoms with Gasteiger partial charge in [-0.15, -0.1) is 10.2 Å². The van der Waals surface area contributed by atoms with Crippen molar-refractivity contribution in [2.45, 2.75) is 5.16 Å². The standard InChI is InChI=1S/C19H14N4O4S/c24-13-5-1-4-12(10-13)20-16(25)11-28-19-21-17(14-6-2-8-26-14)18(22-23-19)15-7-3-9-27-15/h1-10,24H,11H2,(H,20,25). The van der Waals surface area contributed by atoms with Crippen molar-refractivity contribution < 1.29 is 18.7 Å². The van der Waals surface area contributed by atoms with Crippen LogP contribution in [-0.2, 0) is 4.79 Å². The molecule has 0 aliphatic heterocycles. The van der Waals surface area contributed by atoms with Crippen molar-refractivity contribution in [1.29, 1.82) is 0 Å². The number of hydrogen-bond acceptors (Lipinski definition) is 8. The average molecular weight is 394 g/mol. The van der Waals surface area contributed by atoms with Crippen LogP contribution in [0.5, 0.6) is 5.75 Å². The average Bonchev–Trinajstić information content (AvgIpc) is 3.40. The first kappa shape index (κ1) is 17.8. The number of aromatic hydroxyl groups is 1. The van der Waals surface area contributed by atoms with E-state index < -0.39 is 0 Å². The van der Waals surface area contributed by atoms with Crippen LogP contribution in [0.4, 0.5) is 5.69 Å². The summed E-state index contributed by atoms with van der Waals surface area (Å²) in [7, 11) is 0. The number of benzene rings is 1. The number of carbonyl (C=O) groups is 1. The third kappa shape index (κ3) is 4.04. The van der Waals surface area contributed by atoms with Gasteiger partial charge in [0.1, 0.15) is 11.4 Å². The number of phenolic OH excluding ortho intramolecular Hbond substituents is 1. The van der Waals surface area contributed by atoms with Crippen LogP contribution in [-0.4, -0.2) is 31.9 Å². The zero-order valence-corrected chi connectivity index (χ0v) is 15.2. The summed E-state index contributed by atoms with van der Waals surface area (Å²) in [5, 5.41) is 20.8. The number of thioether (sulfide) groups is 1. The van der Waals surface area contributed by atoms with Gasteiger partial charge in [0.2, 0.25) is 11.1 Å². The van der Waals surface area contributed by atoms with Gasteiger partial charge in [-0.25, -0.2) is 4.98 Å². The molecule has 8 nitrogen and oxygen atoms in total. The molecule has 0 unspecified atom stereocenters. The normalized spacial score (nSPS) is 10.7. The lowest BCUT2D eigenvalue weighted by atomic mass is 10.2. The zero-order chi connectivity index (χ0) is 19.3. The Morgan fingerprint density at radius 2 is 1.75 bits per heavy atom. The summed E-state index contributed by atoms with van der Waals surface area (Å²) >= 11 is 1.14. The largest absolute Gasteiger partial charge is 0.508 e. The Morgan fingerprint density at radius 3 is 2.43 bits per heavy atom. The number of rotatable bonds is 6. The molecule has 9 heteroatoms. The molecule has 0 atom stereocenters. The lowest BCUT2D eigenvalue weighted by Gasteiger charge is -2.06. The summed E-state index contributed by atoms with van der Waals surface area (Å²) in [6, 6.07) is 13.3. The minimum Gasteiger partial charge on any atom is -0.508 e. The molecule has 0 aliphatic rings. The van der Waals surface area contributed by atoms with Gasteiger partial charge in [0, 0.05) is 11.8 Å². The molecule has 3 heterocycles. The third-order valence-corrected chi connectivity index (χ3v) is 4.48. The number of anilines is 1. The van der Waals surface area contributed by atoms with Gasteiger partial charge in [-0.05, 0) is 36.4 Å². The van der Waals surface area contributed by atoms with E-state index in [1.807, 2.05) is 0 Å². The van der Waals surface area contributed by atoms with Crippen LogP contribution in [0, 0.1) is 0 Å². The van der Waals surface area contributed by atoms with Gasteiger partial charge in [0.25, 0.3) is 0 Å². The van der Waals surface area contributed by atoms with Gasteiger partial charge in [-0.2, -0.15) is 0 Å². The molecule has 4 rings (SSSR count). The maximum Gasteiger partial charge on any atom is 0.234 e. The van der Waals surface area contributed by atoms with E-state index in [2.05, 4.69) is 20.5 Å². The van der Waals surface area contributed by atoms with Gasteiger partial charge in [0.15, 0.2) is 17.2 Å². The molecule has 1 aromatic carbocycles. The summed E-state index contributed by atoms with van der Waals surface area (Å²) in [5.74, 6) is 0.940. The fraction of sp³-hybridized carbons (Fsp3) is 0.0526. The molecule has 0 bridgehead atoms. The first-order valence-electron chi connectivity index (χ1n) is 8.23. The Labute approximate surface area is 163 Å². The van der Waals surface area contributed by atoms with Gasteiger partial charge < -0.3 is 19.3 Å². The summed E-state index contributed by atoms with van der Waals surface area (Å²) in [5.41, 5.74) is 1.44. The Bertz CT molecular complexity index is 1080. The van der Waals surface area contributed by atoms with Crippen LogP contribution < -0.4 is 5.32 Å². The molecule has 140 valence electrons. The molecular weight excluding hydrogens is 380 g/mol. The van der Waals surface area contributed by atoms with E-state index in [0.717, 1.165) is 11.8 Å². The minimum absolute atomic E-state index is 0.0783. The lowest BCUT2D eigenvalue weighted by Crippen LogP contribution is -2.14. The van der Waals surface area contributed by atoms with Crippen molar-refractivity contribution >= 4 is 23.4 Å². The van der Waals surface area contributed by atoms with E-state index in [0.29, 0.717) is 33.8 Å². The Kier molecular flexibility index (Phi) is 5.07. The van der Waals surface area contributed by atoms with E-state index in [-0.39, 0.29) is 17.4 Å². The Hall–Kier alpha value is -3.59. The lowest BCUT2D eigenvalue weighted by molar-refractivity contribution is -0.113. The van der Waals surface area contributed by atoms with Gasteiger partial charge >= 0.3 is 0 Å². The maximum absolute atomic E-state index is 12.1. The summed E-state index contributed by atoms with van der Waals surface area (Å²) in [4.78, 5) is 16.6. The second-order valence-corrected chi connectivity index (χ2v) is 6.58. The van der Waals surface area contributed by atoms with Crippen LogP contribution in [0.25, 0.3) is 22.9 Å². The van der Waals surface area contributed by atoms with Crippen LogP contribution in [0.2, 0.25) is 0 Å². The van der Waals surface area contributed by atoms with Gasteiger partial charge in [0.05, 0.1) is 18.3 Å². The maximum atomic E-state index is 12.1. The molecule has 3 aromatic heterocycles. The topological polar surface area (TPSA) is 114 Å². The van der Waals surface area contributed by atoms with Crippen LogP contribution in [0.3, 0.4) is 0 Å². The second-order valence-electron chi connectivity index (χ2n) is 5.63. The van der Waals surface area contributed by atoms with Crippen molar-refractivity contribution in [3.8, 4) is 28.7 Å². The van der Waals surface area contributed by atoms with Gasteiger partial charge in [-0.1, -0.05) is 17.8 Å². The van der Waals surface area contributed by atoms with Crippen LogP contribution in [0.1, 0.15) is 0 Å². The molecule has 4 aromatic rings. The molecule has 0 radical (unpaired) electrons. The highest BCUT2D eigenvalue weighted by Gasteiger charge is 2.18. The number of amides is 1. The molecule has 28 heavy (non-hydrogen) atoms. The predicted molar refractivity (Wildman–Crippen MR) is 103 cm³/mol. The minimum atomic E-state index is -0.256. The first-order valence-corrected chi connectivity index (χ1v) is 9.22. The van der Waals surface area contributed by atoms with E-state index >= 15 is 0 Å². The highest BCUT2D eigenvalue weighted by molar-refractivity contribution is 7.99. The number of hydrogen-bond donors (Lipinski definition) is 2. The molecule has 2 N–H and O–H groups in total. The Morgan fingerprint density at radius 1 is 1.00 bits per heavy atom. The summed E-state index contributed by atoms with van der Waals surface area (Å²) < 4.78 is 10.8. The molecular formula is C19H14N4O4S. The van der Waals surface area contributed by atoms with Gasteiger partial charge in [-0.3, -0.25) is 4.79 Å². The molecule has 1 amide bonds. The molecule has 0 saturated carbocycles. The second kappa shape index (κ2) is 7.97. The highest BCUT2D eigenvalue weighted by atomic mass is 32.2. The smallest absolute Gasteiger partial charge is 0.234 e. The first-order chi connectivity index (χ1) is 13.7. The van der Waals surface area contributed by atoms with E-state index in [1.165, 1.54) is 18.4 Å². The number of nitrogens with one attached hydrogen (secondary N) is 1. The van der Waals surface area contributed by atoms with Crippen molar-refractivity contribution in [2.24, 2.45) is 0 Å². The number of phenols is 1. The SMILES string of the molecule is O=C(CSc1nnc(-c2ccco2)c(-c2ccco2)n1)Nc1cccc(O)c1. The number of nitrogens with zero attached hydrogens (tertiary/aromatic N) is 3. The fourth-order valence-corrected chi connectivity index (χ4v) is 3.03. The van der Waals surface area contributed by atoms with E-state index in [1.54, 1.807) is 42.7 Å². The number of aromatic nitrogens is 3. The predicted octanol–water partition coefficient (Wildman–Crippen LogP) is 3.83. The van der Waals surface area contributed by atoms with E-state index in [9.17, 15) is 9.90 Å². The monoisotopic (exact) mass is 394 g/mol. The van der Waals surface area contributed by atoms with Crippen molar-refractivity contribution in [3.05, 3.63) is 61.1 Å². The van der Waals surface area contributed by atoms with Crippen LogP contribution in [0.15, 0.2) is 75.0 Å². The summed E-state index contributed by atoms with van der Waals surface area (Å²) in [6.07, 6.45) is 3.08. The quantitative estimate of drug-likeness (QED) is 0.474. The number of furan rings is 2. The van der Waals surface area contributed by atoms with Crippen LogP contribution >= 0.6 is 11.8 Å². The van der Waals surface area contributed by atoms with Crippen molar-refractivity contribution in [2.75, 3.05) is 11.1 Å². The zero-order valence-electron chi connectivity index (χ0n) is 14.4. The molecule has 0 aliphatic carbocycles. The van der Waals surface area contributed by atoms with E-state index in [4.69, 9.17) is 8.83 Å². The molecule has 0 spiro atoms. The third-order valence-electron chi connectivity index (χ3n) is 3.64. The van der Waals surface area contributed by atoms with Crippen molar-refractivity contribution in [1.82, 2.24) is 15.2 Å². The number of carbonyl (C=O) groups excluding carboxylic acids is 1. The fourth-order valence-electron chi connectivity index (χ4n) is 2.45.